The number of hydrogen-bond acceptors (Lipinski definition) is 3. The highest BCUT2D eigenvalue weighted by Gasteiger charge is 2.06. The van der Waals surface area contributed by atoms with Crippen molar-refractivity contribution in [3.8, 4) is 0 Å². The van der Waals surface area contributed by atoms with E-state index in [1.807, 2.05) is 12.1 Å². The molecule has 0 atom stereocenters. The zero-order valence-corrected chi connectivity index (χ0v) is 13.0. The monoisotopic (exact) mass is 287 g/mol. The third kappa shape index (κ3) is 5.74. The van der Waals surface area contributed by atoms with E-state index in [4.69, 9.17) is 9.15 Å². The third-order valence-electron chi connectivity index (χ3n) is 3.36. The SMILES string of the molecule is CC(C)NCc1occc1COCCCc1ccccc1. The van der Waals surface area contributed by atoms with Crippen molar-refractivity contribution in [1.82, 2.24) is 5.32 Å². The fraction of sp³-hybridized carbons (Fsp3) is 0.444. The highest BCUT2D eigenvalue weighted by atomic mass is 16.5. The van der Waals surface area contributed by atoms with Gasteiger partial charge in [0.1, 0.15) is 5.76 Å². The second-order valence-corrected chi connectivity index (χ2v) is 5.55. The van der Waals surface area contributed by atoms with Gasteiger partial charge < -0.3 is 14.5 Å². The summed E-state index contributed by atoms with van der Waals surface area (Å²) in [5.74, 6) is 0.978. The number of benzene rings is 1. The summed E-state index contributed by atoms with van der Waals surface area (Å²) in [7, 11) is 0. The molecule has 0 fully saturated rings. The smallest absolute Gasteiger partial charge is 0.123 e. The van der Waals surface area contributed by atoms with Crippen LogP contribution < -0.4 is 5.32 Å². The van der Waals surface area contributed by atoms with Crippen LogP contribution in [0.4, 0.5) is 0 Å². The molecular weight excluding hydrogens is 262 g/mol. The van der Waals surface area contributed by atoms with E-state index >= 15 is 0 Å². The summed E-state index contributed by atoms with van der Waals surface area (Å²) in [6.07, 6.45) is 3.84. The Morgan fingerprint density at radius 1 is 1.14 bits per heavy atom. The third-order valence-corrected chi connectivity index (χ3v) is 3.36. The molecule has 2 aromatic rings. The number of nitrogens with one attached hydrogen (secondary N) is 1. The van der Waals surface area contributed by atoms with Crippen molar-refractivity contribution in [3.05, 3.63) is 59.5 Å². The van der Waals surface area contributed by atoms with Gasteiger partial charge in [-0.2, -0.15) is 0 Å². The first-order valence-corrected chi connectivity index (χ1v) is 7.66. The quantitative estimate of drug-likeness (QED) is 0.710. The van der Waals surface area contributed by atoms with Crippen LogP contribution in [-0.2, 0) is 24.3 Å². The van der Waals surface area contributed by atoms with Gasteiger partial charge in [0, 0.05) is 18.2 Å². The zero-order valence-electron chi connectivity index (χ0n) is 13.0. The molecule has 3 nitrogen and oxygen atoms in total. The van der Waals surface area contributed by atoms with Gasteiger partial charge in [0.15, 0.2) is 0 Å². The molecule has 0 spiro atoms. The molecule has 1 aromatic heterocycles. The molecule has 0 aliphatic carbocycles. The summed E-state index contributed by atoms with van der Waals surface area (Å²) in [6.45, 7) is 6.41. The van der Waals surface area contributed by atoms with E-state index in [1.165, 1.54) is 5.56 Å². The summed E-state index contributed by atoms with van der Waals surface area (Å²) < 4.78 is 11.3. The van der Waals surface area contributed by atoms with Crippen LogP contribution in [-0.4, -0.2) is 12.6 Å². The van der Waals surface area contributed by atoms with Gasteiger partial charge in [0.2, 0.25) is 0 Å². The molecule has 0 bridgehead atoms. The van der Waals surface area contributed by atoms with Crippen LogP contribution in [0.25, 0.3) is 0 Å². The normalized spacial score (nSPS) is 11.2. The first kappa shape index (κ1) is 15.8. The van der Waals surface area contributed by atoms with Crippen molar-refractivity contribution in [2.45, 2.75) is 45.9 Å². The van der Waals surface area contributed by atoms with E-state index < -0.39 is 0 Å². The van der Waals surface area contributed by atoms with Gasteiger partial charge >= 0.3 is 0 Å². The molecule has 0 aliphatic rings. The molecule has 2 rings (SSSR count). The Kier molecular flexibility index (Phi) is 6.51. The highest BCUT2D eigenvalue weighted by molar-refractivity contribution is 5.16. The van der Waals surface area contributed by atoms with Crippen LogP contribution in [0, 0.1) is 0 Å². The van der Waals surface area contributed by atoms with E-state index in [1.54, 1.807) is 6.26 Å². The Morgan fingerprint density at radius 3 is 2.71 bits per heavy atom. The predicted octanol–water partition coefficient (Wildman–Crippen LogP) is 3.93. The maximum Gasteiger partial charge on any atom is 0.123 e. The van der Waals surface area contributed by atoms with Crippen LogP contribution in [0.1, 0.15) is 37.2 Å². The Hall–Kier alpha value is -1.58. The van der Waals surface area contributed by atoms with Crippen molar-refractivity contribution >= 4 is 0 Å². The first-order chi connectivity index (χ1) is 10.3. The number of furan rings is 1. The van der Waals surface area contributed by atoms with Gasteiger partial charge in [0.25, 0.3) is 0 Å². The molecule has 0 unspecified atom stereocenters. The first-order valence-electron chi connectivity index (χ1n) is 7.66. The lowest BCUT2D eigenvalue weighted by atomic mass is 10.1. The summed E-state index contributed by atoms with van der Waals surface area (Å²) in [5.41, 5.74) is 2.51. The summed E-state index contributed by atoms with van der Waals surface area (Å²) in [5, 5.41) is 3.36. The van der Waals surface area contributed by atoms with Crippen LogP contribution in [0.3, 0.4) is 0 Å². The molecule has 1 aromatic carbocycles. The lowest BCUT2D eigenvalue weighted by Crippen LogP contribution is -2.22. The molecule has 114 valence electrons. The summed E-state index contributed by atoms with van der Waals surface area (Å²) in [4.78, 5) is 0. The number of hydrogen-bond donors (Lipinski definition) is 1. The molecular formula is C18H25NO2. The highest BCUT2D eigenvalue weighted by Crippen LogP contribution is 2.12. The average Bonchev–Trinajstić information content (AvgIpc) is 2.93. The van der Waals surface area contributed by atoms with Crippen molar-refractivity contribution in [1.29, 1.82) is 0 Å². The number of ether oxygens (including phenoxy) is 1. The fourth-order valence-electron chi connectivity index (χ4n) is 2.15. The summed E-state index contributed by atoms with van der Waals surface area (Å²) in [6, 6.07) is 13.0. The van der Waals surface area contributed by atoms with Gasteiger partial charge in [-0.1, -0.05) is 44.2 Å². The minimum Gasteiger partial charge on any atom is -0.468 e. The Morgan fingerprint density at radius 2 is 1.95 bits per heavy atom. The van der Waals surface area contributed by atoms with Crippen LogP contribution >= 0.6 is 0 Å². The van der Waals surface area contributed by atoms with Crippen LogP contribution in [0.5, 0.6) is 0 Å². The van der Waals surface area contributed by atoms with Crippen molar-refractivity contribution in [3.63, 3.8) is 0 Å². The average molecular weight is 287 g/mol. The van der Waals surface area contributed by atoms with E-state index in [2.05, 4.69) is 43.4 Å². The lowest BCUT2D eigenvalue weighted by molar-refractivity contribution is 0.117. The molecule has 3 heteroatoms. The van der Waals surface area contributed by atoms with Gasteiger partial charge in [-0.15, -0.1) is 0 Å². The number of aryl methyl sites for hydroxylation is 1. The maximum atomic E-state index is 5.76. The topological polar surface area (TPSA) is 34.4 Å². The van der Waals surface area contributed by atoms with E-state index in [-0.39, 0.29) is 0 Å². The Bertz CT molecular complexity index is 505. The number of rotatable bonds is 9. The molecule has 0 saturated carbocycles. The van der Waals surface area contributed by atoms with E-state index in [9.17, 15) is 0 Å². The van der Waals surface area contributed by atoms with Crippen molar-refractivity contribution < 1.29 is 9.15 Å². The van der Waals surface area contributed by atoms with Crippen LogP contribution in [0.15, 0.2) is 47.1 Å². The maximum absolute atomic E-state index is 5.76. The molecule has 0 saturated heterocycles. The molecule has 0 aliphatic heterocycles. The molecule has 1 N–H and O–H groups in total. The van der Waals surface area contributed by atoms with E-state index in [0.717, 1.165) is 37.3 Å². The van der Waals surface area contributed by atoms with Gasteiger partial charge in [-0.3, -0.25) is 0 Å². The molecule has 21 heavy (non-hydrogen) atoms. The molecule has 1 heterocycles. The van der Waals surface area contributed by atoms with Gasteiger partial charge in [-0.25, -0.2) is 0 Å². The zero-order chi connectivity index (χ0) is 14.9. The minimum atomic E-state index is 0.453. The predicted molar refractivity (Wildman–Crippen MR) is 85.1 cm³/mol. The molecule has 0 radical (unpaired) electrons. The van der Waals surface area contributed by atoms with Crippen molar-refractivity contribution in [2.75, 3.05) is 6.61 Å². The Labute approximate surface area is 127 Å². The van der Waals surface area contributed by atoms with E-state index in [0.29, 0.717) is 12.6 Å². The van der Waals surface area contributed by atoms with Gasteiger partial charge in [0.05, 0.1) is 19.4 Å². The minimum absolute atomic E-state index is 0.453. The van der Waals surface area contributed by atoms with Crippen LogP contribution in [0.2, 0.25) is 0 Å². The second kappa shape index (κ2) is 8.65. The standard InChI is InChI=1S/C18H25NO2/c1-15(2)19-13-18-17(10-12-21-18)14-20-11-6-9-16-7-4-3-5-8-16/h3-5,7-8,10,12,15,19H,6,9,11,13-14H2,1-2H3. The largest absolute Gasteiger partial charge is 0.468 e. The summed E-state index contributed by atoms with van der Waals surface area (Å²) >= 11 is 0. The molecule has 0 amide bonds. The fourth-order valence-corrected chi connectivity index (χ4v) is 2.15. The van der Waals surface area contributed by atoms with Gasteiger partial charge in [-0.05, 0) is 24.5 Å². The lowest BCUT2D eigenvalue weighted by Gasteiger charge is -2.08. The Balaban J connectivity index is 1.66. The van der Waals surface area contributed by atoms with Crippen molar-refractivity contribution in [2.24, 2.45) is 0 Å². The second-order valence-electron chi connectivity index (χ2n) is 5.55.